The zero-order chi connectivity index (χ0) is 34.2. The van der Waals surface area contributed by atoms with Gasteiger partial charge in [0.1, 0.15) is 59.1 Å². The van der Waals surface area contributed by atoms with Crippen LogP contribution in [0.15, 0.2) is 45.6 Å². The Hall–Kier alpha value is -4.00. The van der Waals surface area contributed by atoms with Gasteiger partial charge in [0, 0.05) is 24.6 Å². The lowest BCUT2D eigenvalue weighted by Gasteiger charge is -2.43. The number of fused-ring (bicyclic) bond motifs is 1. The van der Waals surface area contributed by atoms with Crippen LogP contribution in [0.3, 0.4) is 0 Å². The van der Waals surface area contributed by atoms with E-state index in [1.165, 1.54) is 33.3 Å². The Labute approximate surface area is 267 Å². The van der Waals surface area contributed by atoms with Gasteiger partial charge >= 0.3 is 5.97 Å². The van der Waals surface area contributed by atoms with Crippen LogP contribution in [-0.4, -0.2) is 119 Å². The largest absolute Gasteiger partial charge is 0.504 e. The van der Waals surface area contributed by atoms with Crippen molar-refractivity contribution in [3.8, 4) is 34.3 Å². The van der Waals surface area contributed by atoms with Crippen LogP contribution in [-0.2, 0) is 23.7 Å². The molecule has 4 unspecified atom stereocenters. The Balaban J connectivity index is 1.41. The molecular formula is C31H36O16. The molecule has 2 aliphatic rings. The van der Waals surface area contributed by atoms with Gasteiger partial charge in [-0.15, -0.1) is 0 Å². The highest BCUT2D eigenvalue weighted by Crippen LogP contribution is 2.43. The second-order valence-corrected chi connectivity index (χ2v) is 11.1. The van der Waals surface area contributed by atoms with Crippen molar-refractivity contribution in [2.75, 3.05) is 20.8 Å². The summed E-state index contributed by atoms with van der Waals surface area (Å²) in [4.78, 5) is 24.7. The first kappa shape index (κ1) is 34.3. The molecule has 47 heavy (non-hydrogen) atoms. The zero-order valence-corrected chi connectivity index (χ0v) is 25.7. The number of phenolic OH excluding ortho intramolecular Hbond substituents is 1. The minimum absolute atomic E-state index is 0.108. The number of carbonyl (C=O) groups is 1. The molecule has 2 fully saturated rings. The fourth-order valence-electron chi connectivity index (χ4n) is 5.36. The summed E-state index contributed by atoms with van der Waals surface area (Å²) in [5.74, 6) is -1.23. The predicted molar refractivity (Wildman–Crippen MR) is 158 cm³/mol. The average molecular weight is 665 g/mol. The number of aliphatic hydroxyl groups excluding tert-OH is 5. The van der Waals surface area contributed by atoms with Crippen molar-refractivity contribution in [3.63, 3.8) is 0 Å². The van der Waals surface area contributed by atoms with Crippen molar-refractivity contribution >= 4 is 16.9 Å². The van der Waals surface area contributed by atoms with Crippen molar-refractivity contribution in [2.45, 2.75) is 75.3 Å². The molecule has 2 aromatic carbocycles. The lowest BCUT2D eigenvalue weighted by atomic mass is 9.98. The van der Waals surface area contributed by atoms with Crippen LogP contribution in [0.25, 0.3) is 22.3 Å². The van der Waals surface area contributed by atoms with Crippen LogP contribution in [0.1, 0.15) is 13.8 Å². The number of hydrogen-bond donors (Lipinski definition) is 6. The number of esters is 1. The monoisotopic (exact) mass is 664 g/mol. The highest BCUT2D eigenvalue weighted by Gasteiger charge is 2.49. The molecule has 10 atom stereocenters. The van der Waals surface area contributed by atoms with Gasteiger partial charge in [-0.05, 0) is 31.2 Å². The lowest BCUT2D eigenvalue weighted by molar-refractivity contribution is -0.320. The number of aliphatic hydroxyl groups is 5. The third-order valence-electron chi connectivity index (χ3n) is 7.91. The topological polar surface area (TPSA) is 233 Å². The van der Waals surface area contributed by atoms with E-state index in [0.29, 0.717) is 11.3 Å². The first-order chi connectivity index (χ1) is 22.3. The van der Waals surface area contributed by atoms with Crippen molar-refractivity contribution in [3.05, 3.63) is 46.6 Å². The highest BCUT2D eigenvalue weighted by atomic mass is 16.7. The standard InChI is InChI=1S/C31H36O16/c1-12-22(34)26(38)29(44-13(2)32)31(43-12)42-11-20-23(35)25(37)27(39)30(47-20)46-19-10-18-21(24(36)28(19)41-4)16(33)9-17(45-18)14-5-7-15(40-3)8-6-14/h5-10,12,20,22-23,25-27,29-31,34-39H,11H2,1-4H3/t12-,20?,22-,23+,25-,26?,27?,29?,30+,31+/m0/s1. The number of aromatic hydroxyl groups is 1. The van der Waals surface area contributed by atoms with Crippen molar-refractivity contribution < 1.29 is 73.0 Å². The van der Waals surface area contributed by atoms with E-state index in [9.17, 15) is 40.2 Å². The molecule has 0 bridgehead atoms. The van der Waals surface area contributed by atoms with E-state index in [4.69, 9.17) is 37.6 Å². The molecule has 0 amide bonds. The van der Waals surface area contributed by atoms with Gasteiger partial charge in [-0.3, -0.25) is 9.59 Å². The van der Waals surface area contributed by atoms with Crippen LogP contribution in [0, 0.1) is 0 Å². The normalized spacial score (nSPS) is 30.9. The number of methoxy groups -OCH3 is 2. The summed E-state index contributed by atoms with van der Waals surface area (Å²) in [5.41, 5.74) is -0.167. The fraction of sp³-hybridized carbons (Fsp3) is 0.484. The number of hydrogen-bond acceptors (Lipinski definition) is 16. The molecule has 0 radical (unpaired) electrons. The first-order valence-electron chi connectivity index (χ1n) is 14.5. The maximum absolute atomic E-state index is 13.1. The Bertz CT molecular complexity index is 1620. The number of carbonyl (C=O) groups excluding carboxylic acids is 1. The van der Waals surface area contributed by atoms with E-state index < -0.39 is 85.2 Å². The number of ether oxygens (including phenoxy) is 7. The van der Waals surface area contributed by atoms with Crippen LogP contribution < -0.4 is 19.6 Å². The van der Waals surface area contributed by atoms with Crippen LogP contribution in [0.2, 0.25) is 0 Å². The van der Waals surface area contributed by atoms with E-state index >= 15 is 0 Å². The van der Waals surface area contributed by atoms with E-state index in [0.717, 1.165) is 6.92 Å². The zero-order valence-electron chi connectivity index (χ0n) is 25.7. The first-order valence-corrected chi connectivity index (χ1v) is 14.5. The van der Waals surface area contributed by atoms with Crippen LogP contribution in [0.5, 0.6) is 23.0 Å². The molecule has 16 nitrogen and oxygen atoms in total. The molecule has 5 rings (SSSR count). The second kappa shape index (κ2) is 14.0. The van der Waals surface area contributed by atoms with E-state index in [1.54, 1.807) is 24.3 Å². The summed E-state index contributed by atoms with van der Waals surface area (Å²) < 4.78 is 44.2. The van der Waals surface area contributed by atoms with Gasteiger partial charge in [-0.2, -0.15) is 0 Å². The molecule has 16 heteroatoms. The van der Waals surface area contributed by atoms with Gasteiger partial charge in [0.15, 0.2) is 29.3 Å². The third-order valence-corrected chi connectivity index (χ3v) is 7.91. The number of benzene rings is 2. The molecule has 0 saturated carbocycles. The molecule has 0 spiro atoms. The second-order valence-electron chi connectivity index (χ2n) is 11.1. The summed E-state index contributed by atoms with van der Waals surface area (Å²) in [6.45, 7) is 2.01. The fourth-order valence-corrected chi connectivity index (χ4v) is 5.36. The Morgan fingerprint density at radius 2 is 1.57 bits per heavy atom. The van der Waals surface area contributed by atoms with Gasteiger partial charge in [0.2, 0.25) is 12.0 Å². The van der Waals surface area contributed by atoms with Crippen molar-refractivity contribution in [2.24, 2.45) is 0 Å². The summed E-state index contributed by atoms with van der Waals surface area (Å²) in [5, 5.41) is 63.4. The number of rotatable bonds is 9. The van der Waals surface area contributed by atoms with Gasteiger partial charge in [0.25, 0.3) is 0 Å². The minimum atomic E-state index is -1.84. The lowest BCUT2D eigenvalue weighted by Crippen LogP contribution is -2.62. The molecule has 3 heterocycles. The third kappa shape index (κ3) is 6.86. The molecule has 1 aromatic heterocycles. The molecular weight excluding hydrogens is 628 g/mol. The van der Waals surface area contributed by atoms with Crippen molar-refractivity contribution in [1.29, 1.82) is 0 Å². The van der Waals surface area contributed by atoms with Crippen molar-refractivity contribution in [1.82, 2.24) is 0 Å². The quantitative estimate of drug-likeness (QED) is 0.162. The van der Waals surface area contributed by atoms with E-state index in [2.05, 4.69) is 0 Å². The van der Waals surface area contributed by atoms with Gasteiger partial charge < -0.3 is 68.2 Å². The summed E-state index contributed by atoms with van der Waals surface area (Å²) in [7, 11) is 2.71. The minimum Gasteiger partial charge on any atom is -0.504 e. The number of phenols is 1. The molecule has 2 saturated heterocycles. The van der Waals surface area contributed by atoms with Gasteiger partial charge in [-0.1, -0.05) is 0 Å². The predicted octanol–water partition coefficient (Wildman–Crippen LogP) is -0.216. The maximum Gasteiger partial charge on any atom is 0.303 e. The molecule has 2 aliphatic heterocycles. The van der Waals surface area contributed by atoms with Crippen LogP contribution in [0.4, 0.5) is 0 Å². The summed E-state index contributed by atoms with van der Waals surface area (Å²) in [6, 6.07) is 9.11. The molecule has 256 valence electrons. The maximum atomic E-state index is 13.1. The smallest absolute Gasteiger partial charge is 0.303 e. The van der Waals surface area contributed by atoms with Gasteiger partial charge in [0.05, 0.1) is 26.9 Å². The van der Waals surface area contributed by atoms with E-state index in [1.807, 2.05) is 0 Å². The van der Waals surface area contributed by atoms with Gasteiger partial charge in [-0.25, -0.2) is 0 Å². The molecule has 6 N–H and O–H groups in total. The Morgan fingerprint density at radius 1 is 0.872 bits per heavy atom. The molecule has 0 aliphatic carbocycles. The summed E-state index contributed by atoms with van der Waals surface area (Å²) in [6.07, 6.45) is -15.2. The average Bonchev–Trinajstić information content (AvgIpc) is 3.04. The molecule has 3 aromatic rings. The Kier molecular flexibility index (Phi) is 10.2. The summed E-state index contributed by atoms with van der Waals surface area (Å²) >= 11 is 0. The van der Waals surface area contributed by atoms with E-state index in [-0.39, 0.29) is 28.2 Å². The highest BCUT2D eigenvalue weighted by molar-refractivity contribution is 5.89. The SMILES string of the molecule is COc1ccc(-c2cc(=O)c3c(O)c(OC)c(O[C@@H]4OC(CO[C@@H]5O[C@@H](C)[C@H](O)C(O)C5OC(C)=O)[C@@H](O)[C@H](O)C4O)cc3o2)cc1. The van der Waals surface area contributed by atoms with Crippen LogP contribution >= 0.6 is 0 Å². The Morgan fingerprint density at radius 3 is 2.21 bits per heavy atom.